The number of nitrogens with one attached hydrogen (secondary N) is 2. The van der Waals surface area contributed by atoms with Crippen molar-refractivity contribution in [1.29, 1.82) is 0 Å². The van der Waals surface area contributed by atoms with E-state index in [1.165, 1.54) is 0 Å². The molecular formula is C10H8BrCl2N3. The van der Waals surface area contributed by atoms with Gasteiger partial charge in [-0.05, 0) is 28.1 Å². The van der Waals surface area contributed by atoms with Crippen molar-refractivity contribution in [3.63, 3.8) is 0 Å². The molecule has 1 aromatic heterocycles. The highest BCUT2D eigenvalue weighted by Crippen LogP contribution is 2.35. The first-order chi connectivity index (χ1) is 7.68. The maximum Gasteiger partial charge on any atom is 0.125 e. The summed E-state index contributed by atoms with van der Waals surface area (Å²) in [6.07, 6.45) is 3.47. The quantitative estimate of drug-likeness (QED) is 0.836. The van der Waals surface area contributed by atoms with E-state index in [1.54, 1.807) is 12.4 Å². The Balaban J connectivity index is 2.13. The molecule has 1 aromatic carbocycles. The highest BCUT2D eigenvalue weighted by atomic mass is 79.9. The SMILES string of the molecule is Clc1c(Br)ccc(NCc2ncc[nH]2)c1Cl. The molecule has 0 spiro atoms. The first kappa shape index (κ1) is 11.8. The van der Waals surface area contributed by atoms with Crippen LogP contribution in [-0.4, -0.2) is 9.97 Å². The normalized spacial score (nSPS) is 10.4. The first-order valence-electron chi connectivity index (χ1n) is 4.54. The van der Waals surface area contributed by atoms with Gasteiger partial charge < -0.3 is 10.3 Å². The molecule has 0 radical (unpaired) electrons. The summed E-state index contributed by atoms with van der Waals surface area (Å²) in [5.41, 5.74) is 0.784. The maximum atomic E-state index is 6.08. The number of anilines is 1. The van der Waals surface area contributed by atoms with Gasteiger partial charge in [-0.15, -0.1) is 0 Å². The minimum Gasteiger partial charge on any atom is -0.377 e. The minimum absolute atomic E-state index is 0.502. The van der Waals surface area contributed by atoms with Crippen molar-refractivity contribution in [2.24, 2.45) is 0 Å². The molecule has 0 saturated heterocycles. The summed E-state index contributed by atoms with van der Waals surface area (Å²) in [5, 5.41) is 4.16. The largest absolute Gasteiger partial charge is 0.377 e. The van der Waals surface area contributed by atoms with Gasteiger partial charge in [-0.2, -0.15) is 0 Å². The van der Waals surface area contributed by atoms with Crippen molar-refractivity contribution < 1.29 is 0 Å². The van der Waals surface area contributed by atoms with Crippen molar-refractivity contribution in [2.75, 3.05) is 5.32 Å². The topological polar surface area (TPSA) is 40.7 Å². The van der Waals surface area contributed by atoms with E-state index in [0.29, 0.717) is 16.6 Å². The molecule has 6 heteroatoms. The lowest BCUT2D eigenvalue weighted by Gasteiger charge is -2.09. The lowest BCUT2D eigenvalue weighted by Crippen LogP contribution is -2.01. The van der Waals surface area contributed by atoms with E-state index in [0.717, 1.165) is 16.0 Å². The number of nitrogens with zero attached hydrogens (tertiary/aromatic N) is 1. The molecule has 0 saturated carbocycles. The van der Waals surface area contributed by atoms with Crippen LogP contribution >= 0.6 is 39.1 Å². The van der Waals surface area contributed by atoms with E-state index < -0.39 is 0 Å². The third-order valence-corrected chi connectivity index (χ3v) is 3.81. The molecule has 0 aliphatic heterocycles. The number of rotatable bonds is 3. The maximum absolute atomic E-state index is 6.08. The van der Waals surface area contributed by atoms with E-state index in [9.17, 15) is 0 Å². The fourth-order valence-corrected chi connectivity index (χ4v) is 2.08. The summed E-state index contributed by atoms with van der Waals surface area (Å²) < 4.78 is 0.780. The van der Waals surface area contributed by atoms with Crippen LogP contribution in [0.1, 0.15) is 5.82 Å². The number of halogens is 3. The summed E-state index contributed by atoms with van der Waals surface area (Å²) in [7, 11) is 0. The Bertz CT molecular complexity index is 485. The van der Waals surface area contributed by atoms with E-state index in [2.05, 4.69) is 31.2 Å². The van der Waals surface area contributed by atoms with E-state index >= 15 is 0 Å². The van der Waals surface area contributed by atoms with Gasteiger partial charge in [0.2, 0.25) is 0 Å². The molecule has 0 amide bonds. The average Bonchev–Trinajstić information content (AvgIpc) is 2.78. The van der Waals surface area contributed by atoms with Gasteiger partial charge >= 0.3 is 0 Å². The Morgan fingerprint density at radius 2 is 2.12 bits per heavy atom. The van der Waals surface area contributed by atoms with E-state index in [4.69, 9.17) is 23.2 Å². The zero-order chi connectivity index (χ0) is 11.5. The molecule has 0 atom stereocenters. The Kier molecular flexibility index (Phi) is 3.74. The molecule has 0 bridgehead atoms. The van der Waals surface area contributed by atoms with Gasteiger partial charge in [-0.3, -0.25) is 0 Å². The second-order valence-electron chi connectivity index (χ2n) is 3.11. The molecule has 2 aromatic rings. The molecule has 0 aliphatic carbocycles. The average molecular weight is 321 g/mol. The summed E-state index contributed by atoms with van der Waals surface area (Å²) >= 11 is 15.4. The third-order valence-electron chi connectivity index (χ3n) is 2.04. The number of aromatic amines is 1. The highest BCUT2D eigenvalue weighted by Gasteiger charge is 2.08. The molecule has 1 heterocycles. The van der Waals surface area contributed by atoms with Crippen LogP contribution in [0.3, 0.4) is 0 Å². The zero-order valence-electron chi connectivity index (χ0n) is 8.10. The van der Waals surface area contributed by atoms with Crippen LogP contribution in [0.4, 0.5) is 5.69 Å². The first-order valence-corrected chi connectivity index (χ1v) is 6.09. The summed E-state index contributed by atoms with van der Waals surface area (Å²) in [6, 6.07) is 3.71. The fraction of sp³-hybridized carbons (Fsp3) is 0.100. The third kappa shape index (κ3) is 2.51. The summed E-state index contributed by atoms with van der Waals surface area (Å²) in [4.78, 5) is 7.09. The van der Waals surface area contributed by atoms with Gasteiger partial charge in [0.15, 0.2) is 0 Å². The lowest BCUT2D eigenvalue weighted by molar-refractivity contribution is 1.00. The smallest absolute Gasteiger partial charge is 0.125 e. The Morgan fingerprint density at radius 1 is 1.31 bits per heavy atom. The molecule has 0 aliphatic rings. The van der Waals surface area contributed by atoms with Crippen molar-refractivity contribution >= 4 is 44.8 Å². The van der Waals surface area contributed by atoms with Crippen molar-refractivity contribution in [3.05, 3.63) is 44.9 Å². The second kappa shape index (κ2) is 5.08. The van der Waals surface area contributed by atoms with Crippen molar-refractivity contribution in [3.8, 4) is 0 Å². The zero-order valence-corrected chi connectivity index (χ0v) is 11.2. The van der Waals surface area contributed by atoms with Crippen LogP contribution in [0.15, 0.2) is 29.0 Å². The van der Waals surface area contributed by atoms with Crippen LogP contribution in [-0.2, 0) is 6.54 Å². The molecule has 2 rings (SSSR count). The van der Waals surface area contributed by atoms with Gasteiger partial charge in [-0.1, -0.05) is 23.2 Å². The standard InChI is InChI=1S/C10H8BrCl2N3/c11-6-1-2-7(10(13)9(6)12)16-5-8-14-3-4-15-8/h1-4,16H,5H2,(H,14,15). The molecule has 0 unspecified atom stereocenters. The van der Waals surface area contributed by atoms with Crippen LogP contribution in [0.5, 0.6) is 0 Å². The molecule has 0 fully saturated rings. The van der Waals surface area contributed by atoms with Crippen LogP contribution < -0.4 is 5.32 Å². The van der Waals surface area contributed by atoms with Gasteiger partial charge in [0, 0.05) is 16.9 Å². The van der Waals surface area contributed by atoms with E-state index in [-0.39, 0.29) is 0 Å². The molecule has 84 valence electrons. The number of hydrogen-bond donors (Lipinski definition) is 2. The van der Waals surface area contributed by atoms with Crippen molar-refractivity contribution in [2.45, 2.75) is 6.54 Å². The number of hydrogen-bond acceptors (Lipinski definition) is 2. The molecule has 3 nitrogen and oxygen atoms in total. The predicted octanol–water partition coefficient (Wildman–Crippen LogP) is 4.09. The number of benzene rings is 1. The van der Waals surface area contributed by atoms with Gasteiger partial charge in [0.05, 0.1) is 22.3 Å². The van der Waals surface area contributed by atoms with Crippen molar-refractivity contribution in [1.82, 2.24) is 9.97 Å². The summed E-state index contributed by atoms with van der Waals surface area (Å²) in [6.45, 7) is 0.574. The lowest BCUT2D eigenvalue weighted by atomic mass is 10.3. The second-order valence-corrected chi connectivity index (χ2v) is 4.72. The monoisotopic (exact) mass is 319 g/mol. The van der Waals surface area contributed by atoms with Crippen LogP contribution in [0.2, 0.25) is 10.0 Å². The van der Waals surface area contributed by atoms with Crippen LogP contribution in [0.25, 0.3) is 0 Å². The Morgan fingerprint density at radius 3 is 2.81 bits per heavy atom. The van der Waals surface area contributed by atoms with Gasteiger partial charge in [0.1, 0.15) is 5.82 Å². The van der Waals surface area contributed by atoms with Gasteiger partial charge in [0.25, 0.3) is 0 Å². The summed E-state index contributed by atoms with van der Waals surface area (Å²) in [5.74, 6) is 0.843. The molecular weight excluding hydrogens is 313 g/mol. The van der Waals surface area contributed by atoms with E-state index in [1.807, 2.05) is 12.1 Å². The Hall–Kier alpha value is -0.710. The minimum atomic E-state index is 0.502. The predicted molar refractivity (Wildman–Crippen MR) is 70.1 cm³/mol. The number of H-pyrrole nitrogens is 1. The number of imidazole rings is 1. The van der Waals surface area contributed by atoms with Gasteiger partial charge in [-0.25, -0.2) is 4.98 Å². The van der Waals surface area contributed by atoms with Crippen LogP contribution in [0, 0.1) is 0 Å². The Labute approximate surface area is 111 Å². The fourth-order valence-electron chi connectivity index (χ4n) is 1.24. The number of aromatic nitrogens is 2. The highest BCUT2D eigenvalue weighted by molar-refractivity contribution is 9.10. The molecule has 16 heavy (non-hydrogen) atoms. The molecule has 2 N–H and O–H groups in total.